The topological polar surface area (TPSA) is 67.2 Å². The maximum Gasteiger partial charge on any atom is 0.287 e. The monoisotopic (exact) mass is 313 g/mol. The quantitative estimate of drug-likeness (QED) is 0.860. The number of hydrogen-bond donors (Lipinski definition) is 2. The van der Waals surface area contributed by atoms with Crippen molar-refractivity contribution >= 4 is 28.6 Å². The molecule has 2 heterocycles. The van der Waals surface area contributed by atoms with Crippen molar-refractivity contribution in [1.29, 1.82) is 0 Å². The molecule has 0 spiro atoms. The van der Waals surface area contributed by atoms with Gasteiger partial charge in [0.15, 0.2) is 0 Å². The van der Waals surface area contributed by atoms with Gasteiger partial charge in [-0.3, -0.25) is 4.79 Å². The minimum Gasteiger partial charge on any atom is -0.394 e. The number of anilines is 1. The summed E-state index contributed by atoms with van der Waals surface area (Å²) in [7, 11) is 0. The lowest BCUT2D eigenvalue weighted by Crippen LogP contribution is -2.26. The predicted molar refractivity (Wildman–Crippen MR) is 81.6 cm³/mol. The van der Waals surface area contributed by atoms with Crippen molar-refractivity contribution in [2.24, 2.45) is 0 Å². The van der Waals surface area contributed by atoms with Gasteiger partial charge in [-0.1, -0.05) is 24.6 Å². The van der Waals surface area contributed by atoms with Crippen molar-refractivity contribution < 1.29 is 5.11 Å². The third-order valence-electron chi connectivity index (χ3n) is 2.92. The Balaban J connectivity index is 2.25. The SMILES string of the molecule is CCC(Nc1cnn(CCO)c(=O)c1Cl)c1cccs1. The molecule has 108 valence electrons. The molecule has 0 saturated heterocycles. The fraction of sp³-hybridized carbons (Fsp3) is 0.385. The zero-order valence-electron chi connectivity index (χ0n) is 11.0. The molecule has 20 heavy (non-hydrogen) atoms. The Bertz CT molecular complexity index is 613. The smallest absolute Gasteiger partial charge is 0.287 e. The van der Waals surface area contributed by atoms with Gasteiger partial charge < -0.3 is 10.4 Å². The van der Waals surface area contributed by atoms with Gasteiger partial charge in [0, 0.05) is 4.88 Å². The van der Waals surface area contributed by atoms with E-state index in [0.717, 1.165) is 11.1 Å². The van der Waals surface area contributed by atoms with Gasteiger partial charge in [0.05, 0.1) is 31.1 Å². The summed E-state index contributed by atoms with van der Waals surface area (Å²) in [6.07, 6.45) is 2.40. The van der Waals surface area contributed by atoms with E-state index < -0.39 is 5.56 Å². The summed E-state index contributed by atoms with van der Waals surface area (Å²) in [6, 6.07) is 4.13. The second-order valence-corrected chi connectivity index (χ2v) is 5.60. The summed E-state index contributed by atoms with van der Waals surface area (Å²) in [5.74, 6) is 0. The Morgan fingerprint density at radius 2 is 2.40 bits per heavy atom. The molecule has 1 unspecified atom stereocenters. The molecule has 0 aliphatic heterocycles. The van der Waals surface area contributed by atoms with Crippen LogP contribution in [0, 0.1) is 0 Å². The third kappa shape index (κ3) is 3.20. The summed E-state index contributed by atoms with van der Waals surface area (Å²) in [5.41, 5.74) is 0.123. The summed E-state index contributed by atoms with van der Waals surface area (Å²) < 4.78 is 1.15. The van der Waals surface area contributed by atoms with E-state index in [1.807, 2.05) is 17.5 Å². The second-order valence-electron chi connectivity index (χ2n) is 4.24. The van der Waals surface area contributed by atoms with Crippen molar-refractivity contribution in [3.63, 3.8) is 0 Å². The number of aliphatic hydroxyl groups is 1. The van der Waals surface area contributed by atoms with Crippen LogP contribution in [0.4, 0.5) is 5.69 Å². The standard InChI is InChI=1S/C13H16ClN3O2S/c1-2-9(11-4-3-7-20-11)16-10-8-15-17(5-6-18)13(19)12(10)14/h3-4,7-9,16,18H,2,5-6H2,1H3. The minimum absolute atomic E-state index is 0.0994. The lowest BCUT2D eigenvalue weighted by Gasteiger charge is -2.17. The molecule has 0 bridgehead atoms. The first-order valence-electron chi connectivity index (χ1n) is 6.33. The van der Waals surface area contributed by atoms with E-state index in [-0.39, 0.29) is 24.2 Å². The van der Waals surface area contributed by atoms with Crippen molar-refractivity contribution in [3.8, 4) is 0 Å². The molecule has 0 saturated carbocycles. The fourth-order valence-electron chi connectivity index (χ4n) is 1.87. The van der Waals surface area contributed by atoms with Gasteiger partial charge in [0.2, 0.25) is 0 Å². The van der Waals surface area contributed by atoms with Crippen LogP contribution in [-0.4, -0.2) is 21.5 Å². The largest absolute Gasteiger partial charge is 0.394 e. The highest BCUT2D eigenvalue weighted by atomic mass is 35.5. The number of rotatable bonds is 6. The molecule has 0 amide bonds. The number of hydrogen-bond acceptors (Lipinski definition) is 5. The molecule has 0 fully saturated rings. The molecule has 0 radical (unpaired) electrons. The zero-order valence-corrected chi connectivity index (χ0v) is 12.6. The van der Waals surface area contributed by atoms with Gasteiger partial charge in [-0.15, -0.1) is 11.3 Å². The predicted octanol–water partition coefficient (Wildman–Crippen LogP) is 2.51. The number of thiophene rings is 1. The molecule has 0 aliphatic carbocycles. The maximum absolute atomic E-state index is 12.0. The van der Waals surface area contributed by atoms with Crippen LogP contribution in [0.25, 0.3) is 0 Å². The molecule has 2 aromatic rings. The van der Waals surface area contributed by atoms with Gasteiger partial charge in [-0.2, -0.15) is 5.10 Å². The Morgan fingerprint density at radius 3 is 3.00 bits per heavy atom. The van der Waals surface area contributed by atoms with E-state index >= 15 is 0 Å². The minimum atomic E-state index is -0.397. The van der Waals surface area contributed by atoms with Gasteiger partial charge >= 0.3 is 0 Å². The second kappa shape index (κ2) is 6.88. The third-order valence-corrected chi connectivity index (χ3v) is 4.27. The molecule has 7 heteroatoms. The van der Waals surface area contributed by atoms with E-state index in [0.29, 0.717) is 5.69 Å². The highest BCUT2D eigenvalue weighted by molar-refractivity contribution is 7.10. The Kier molecular flexibility index (Phi) is 5.17. The molecule has 1 atom stereocenters. The summed E-state index contributed by atoms with van der Waals surface area (Å²) >= 11 is 7.74. The molecule has 2 N–H and O–H groups in total. The number of nitrogens with one attached hydrogen (secondary N) is 1. The fourth-order valence-corrected chi connectivity index (χ4v) is 2.93. The number of halogens is 1. The first-order chi connectivity index (χ1) is 9.67. The molecular formula is C13H16ClN3O2S. The normalized spacial score (nSPS) is 12.3. The number of nitrogens with zero attached hydrogens (tertiary/aromatic N) is 2. The Labute approximate surface area is 125 Å². The molecule has 5 nitrogen and oxygen atoms in total. The number of aliphatic hydroxyl groups excluding tert-OH is 1. The lowest BCUT2D eigenvalue weighted by atomic mass is 10.2. The molecular weight excluding hydrogens is 298 g/mol. The first kappa shape index (κ1) is 15.0. The molecule has 2 rings (SSSR count). The summed E-state index contributed by atoms with van der Waals surface area (Å²) in [4.78, 5) is 13.1. The zero-order chi connectivity index (χ0) is 14.5. The maximum atomic E-state index is 12.0. The van der Waals surface area contributed by atoms with Crippen LogP contribution in [0.3, 0.4) is 0 Å². The van der Waals surface area contributed by atoms with Crippen molar-refractivity contribution in [3.05, 3.63) is 44.0 Å². The van der Waals surface area contributed by atoms with Crippen molar-refractivity contribution in [2.45, 2.75) is 25.9 Å². The van der Waals surface area contributed by atoms with Crippen LogP contribution in [0.1, 0.15) is 24.3 Å². The van der Waals surface area contributed by atoms with Crippen LogP contribution in [0.2, 0.25) is 5.02 Å². The van der Waals surface area contributed by atoms with Crippen molar-refractivity contribution in [2.75, 3.05) is 11.9 Å². The first-order valence-corrected chi connectivity index (χ1v) is 7.59. The van der Waals surface area contributed by atoms with Gasteiger partial charge in [0.1, 0.15) is 5.02 Å². The summed E-state index contributed by atoms with van der Waals surface area (Å²) in [6.45, 7) is 2.05. The van der Waals surface area contributed by atoms with E-state index in [4.69, 9.17) is 16.7 Å². The van der Waals surface area contributed by atoms with E-state index in [9.17, 15) is 4.79 Å². The highest BCUT2D eigenvalue weighted by Gasteiger charge is 2.15. The Morgan fingerprint density at radius 1 is 1.60 bits per heavy atom. The molecule has 0 aliphatic rings. The van der Waals surface area contributed by atoms with Crippen LogP contribution >= 0.6 is 22.9 Å². The van der Waals surface area contributed by atoms with Gasteiger partial charge in [-0.05, 0) is 17.9 Å². The Hall–Kier alpha value is -1.37. The van der Waals surface area contributed by atoms with E-state index in [2.05, 4.69) is 17.3 Å². The van der Waals surface area contributed by atoms with Crippen LogP contribution in [0.15, 0.2) is 28.5 Å². The summed E-state index contributed by atoms with van der Waals surface area (Å²) in [5, 5.41) is 18.2. The van der Waals surface area contributed by atoms with Gasteiger partial charge in [-0.25, -0.2) is 4.68 Å². The average molecular weight is 314 g/mol. The molecule has 2 aromatic heterocycles. The lowest BCUT2D eigenvalue weighted by molar-refractivity contribution is 0.266. The van der Waals surface area contributed by atoms with Crippen LogP contribution in [-0.2, 0) is 6.54 Å². The molecule has 0 aromatic carbocycles. The van der Waals surface area contributed by atoms with Crippen LogP contribution in [0.5, 0.6) is 0 Å². The van der Waals surface area contributed by atoms with E-state index in [1.54, 1.807) is 11.3 Å². The average Bonchev–Trinajstić information content (AvgIpc) is 2.97. The number of aromatic nitrogens is 2. The van der Waals surface area contributed by atoms with E-state index in [1.165, 1.54) is 11.1 Å². The van der Waals surface area contributed by atoms with Crippen molar-refractivity contribution in [1.82, 2.24) is 9.78 Å². The highest BCUT2D eigenvalue weighted by Crippen LogP contribution is 2.27. The van der Waals surface area contributed by atoms with Crippen LogP contribution < -0.4 is 10.9 Å². The van der Waals surface area contributed by atoms with Gasteiger partial charge in [0.25, 0.3) is 5.56 Å².